The Bertz CT molecular complexity index is 1180. The van der Waals surface area contributed by atoms with Gasteiger partial charge in [0.1, 0.15) is 17.5 Å². The van der Waals surface area contributed by atoms with Crippen molar-refractivity contribution in [3.8, 4) is 0 Å². The number of hydrogen-bond acceptors (Lipinski definition) is 6. The third kappa shape index (κ3) is 6.42. The lowest BCUT2D eigenvalue weighted by atomic mass is 10.1. The lowest BCUT2D eigenvalue weighted by molar-refractivity contribution is -0.388. The van der Waals surface area contributed by atoms with Crippen LogP contribution in [0, 0.1) is 20.2 Å². The minimum absolute atomic E-state index is 0.253. The number of alkyl halides is 6. The fourth-order valence-electron chi connectivity index (χ4n) is 3.02. The maximum absolute atomic E-state index is 13.2. The van der Waals surface area contributed by atoms with E-state index in [1.165, 1.54) is 6.92 Å². The summed E-state index contributed by atoms with van der Waals surface area (Å²) in [5.74, 6) is -2.22. The van der Waals surface area contributed by atoms with E-state index in [9.17, 15) is 56.2 Å². The van der Waals surface area contributed by atoms with Crippen molar-refractivity contribution in [1.82, 2.24) is 0 Å². The van der Waals surface area contributed by atoms with E-state index in [4.69, 9.17) is 0 Å². The summed E-state index contributed by atoms with van der Waals surface area (Å²) >= 11 is 0. The van der Waals surface area contributed by atoms with Gasteiger partial charge in [0, 0.05) is 30.1 Å². The fraction of sp³-hybridized carbons (Fsp3) is 0.263. The van der Waals surface area contributed by atoms with Crippen LogP contribution in [0.4, 0.5) is 49.1 Å². The van der Waals surface area contributed by atoms with Crippen LogP contribution in [0.5, 0.6) is 0 Å². The van der Waals surface area contributed by atoms with Gasteiger partial charge in [-0.3, -0.25) is 29.8 Å². The number of anilines is 2. The molecule has 0 aromatic heterocycles. The molecule has 0 heterocycles. The van der Waals surface area contributed by atoms with Gasteiger partial charge >= 0.3 is 12.4 Å². The van der Waals surface area contributed by atoms with E-state index >= 15 is 0 Å². The Labute approximate surface area is 191 Å². The molecule has 188 valence electrons. The second-order valence-electron chi connectivity index (χ2n) is 6.81. The summed E-state index contributed by atoms with van der Waals surface area (Å²) in [7, 11) is 0. The first-order valence-electron chi connectivity index (χ1n) is 9.37. The molecule has 0 spiro atoms. The topological polar surface area (TPSA) is 136 Å². The molecule has 1 N–H and O–H groups in total. The number of carbonyl (C=O) groups is 2. The number of nitrogens with zero attached hydrogens (tertiary/aromatic N) is 3. The molecular weight excluding hydrogens is 494 g/mol. The Morgan fingerprint density at radius 2 is 1.37 bits per heavy atom. The molecule has 0 fully saturated rings. The van der Waals surface area contributed by atoms with Gasteiger partial charge in [-0.2, -0.15) is 26.3 Å². The summed E-state index contributed by atoms with van der Waals surface area (Å²) in [5.41, 5.74) is -6.70. The lowest BCUT2D eigenvalue weighted by Gasteiger charge is -2.22. The van der Waals surface area contributed by atoms with Crippen LogP contribution in [0.2, 0.25) is 0 Å². The Balaban J connectivity index is 2.27. The van der Waals surface area contributed by atoms with E-state index in [1.54, 1.807) is 0 Å². The number of nitrogens with one attached hydrogen (secondary N) is 1. The predicted molar refractivity (Wildman–Crippen MR) is 107 cm³/mol. The molecule has 0 aliphatic rings. The van der Waals surface area contributed by atoms with Gasteiger partial charge in [-0.25, -0.2) is 0 Å². The van der Waals surface area contributed by atoms with Gasteiger partial charge in [0.15, 0.2) is 0 Å². The number of halogens is 6. The van der Waals surface area contributed by atoms with Crippen molar-refractivity contribution in [2.75, 3.05) is 16.8 Å². The molecule has 2 amide bonds. The third-order valence-corrected chi connectivity index (χ3v) is 4.51. The Hall–Kier alpha value is -4.24. The summed E-state index contributed by atoms with van der Waals surface area (Å²) in [6.07, 6.45) is -11.3. The molecule has 2 aromatic rings. The SMILES string of the molecule is CCN(C(=O)CC(=O)Nc1ccc([N+](=O)[O-])c(C(F)(F)F)c1)c1ccc([N+](=O)[O-])c(C(F)(F)F)c1. The summed E-state index contributed by atoms with van der Waals surface area (Å²) in [5, 5.41) is 23.6. The van der Waals surface area contributed by atoms with Crippen LogP contribution in [0.15, 0.2) is 36.4 Å². The maximum Gasteiger partial charge on any atom is 0.423 e. The second kappa shape index (κ2) is 9.94. The van der Waals surface area contributed by atoms with Crippen LogP contribution >= 0.6 is 0 Å². The quantitative estimate of drug-likeness (QED) is 0.244. The van der Waals surface area contributed by atoms with Crippen LogP contribution in [-0.2, 0) is 21.9 Å². The third-order valence-electron chi connectivity index (χ3n) is 4.51. The maximum atomic E-state index is 13.2. The fourth-order valence-corrected chi connectivity index (χ4v) is 3.02. The molecule has 0 atom stereocenters. The molecule has 10 nitrogen and oxygen atoms in total. The average molecular weight is 508 g/mol. The highest BCUT2D eigenvalue weighted by atomic mass is 19.4. The molecule has 16 heteroatoms. The van der Waals surface area contributed by atoms with E-state index in [0.717, 1.165) is 17.0 Å². The van der Waals surface area contributed by atoms with Crippen LogP contribution in [-0.4, -0.2) is 28.2 Å². The van der Waals surface area contributed by atoms with E-state index in [-0.39, 0.29) is 6.54 Å². The van der Waals surface area contributed by atoms with Crippen molar-refractivity contribution in [2.45, 2.75) is 25.7 Å². The molecule has 0 bridgehead atoms. The minimum atomic E-state index is -5.12. The zero-order valence-corrected chi connectivity index (χ0v) is 17.4. The van der Waals surface area contributed by atoms with Crippen molar-refractivity contribution < 1.29 is 45.8 Å². The van der Waals surface area contributed by atoms with Crippen molar-refractivity contribution in [3.05, 3.63) is 67.8 Å². The number of hydrogen-bond donors (Lipinski definition) is 1. The number of benzene rings is 2. The number of carbonyl (C=O) groups excluding carboxylic acids is 2. The normalized spacial score (nSPS) is 11.6. The highest BCUT2D eigenvalue weighted by Crippen LogP contribution is 2.39. The predicted octanol–water partition coefficient (Wildman–Crippen LogP) is 4.92. The van der Waals surface area contributed by atoms with E-state index in [1.807, 2.05) is 5.32 Å². The summed E-state index contributed by atoms with van der Waals surface area (Å²) in [4.78, 5) is 44.6. The zero-order valence-electron chi connectivity index (χ0n) is 17.4. The van der Waals surface area contributed by atoms with E-state index < -0.39 is 74.3 Å². The van der Waals surface area contributed by atoms with Crippen LogP contribution in [0.1, 0.15) is 24.5 Å². The van der Waals surface area contributed by atoms with E-state index in [0.29, 0.717) is 24.3 Å². The Morgan fingerprint density at radius 1 is 0.886 bits per heavy atom. The van der Waals surface area contributed by atoms with Gasteiger partial charge in [0.05, 0.1) is 9.85 Å². The summed E-state index contributed by atoms with van der Waals surface area (Å²) in [6.45, 7) is 1.09. The first-order chi connectivity index (χ1) is 16.1. The molecule has 0 saturated heterocycles. The second-order valence-corrected chi connectivity index (χ2v) is 6.81. The van der Waals surface area contributed by atoms with Crippen molar-refractivity contribution in [2.24, 2.45) is 0 Å². The Morgan fingerprint density at radius 3 is 1.83 bits per heavy atom. The van der Waals surface area contributed by atoms with Crippen LogP contribution in [0.25, 0.3) is 0 Å². The zero-order chi connectivity index (χ0) is 26.7. The summed E-state index contributed by atoms with van der Waals surface area (Å²) < 4.78 is 78.8. The number of rotatable bonds is 7. The minimum Gasteiger partial charge on any atom is -0.326 e. The van der Waals surface area contributed by atoms with Gasteiger partial charge in [0.2, 0.25) is 11.8 Å². The van der Waals surface area contributed by atoms with Crippen molar-refractivity contribution >= 4 is 34.6 Å². The lowest BCUT2D eigenvalue weighted by Crippen LogP contribution is -2.34. The molecular formula is C19H14F6N4O6. The molecule has 0 saturated carbocycles. The van der Waals surface area contributed by atoms with E-state index in [2.05, 4.69) is 0 Å². The number of nitro benzene ring substituents is 2. The molecule has 0 unspecified atom stereocenters. The highest BCUT2D eigenvalue weighted by Gasteiger charge is 2.40. The van der Waals surface area contributed by atoms with Crippen LogP contribution < -0.4 is 10.2 Å². The van der Waals surface area contributed by atoms with Gasteiger partial charge < -0.3 is 10.2 Å². The number of nitro groups is 2. The van der Waals surface area contributed by atoms with Crippen LogP contribution in [0.3, 0.4) is 0 Å². The van der Waals surface area contributed by atoms with Gasteiger partial charge in [-0.15, -0.1) is 0 Å². The Kier molecular flexibility index (Phi) is 7.67. The molecule has 2 aromatic carbocycles. The molecule has 2 rings (SSSR count). The average Bonchev–Trinajstić information content (AvgIpc) is 2.72. The smallest absolute Gasteiger partial charge is 0.326 e. The monoisotopic (exact) mass is 508 g/mol. The standard InChI is InChI=1S/C19H14F6N4O6/c1-2-27(11-4-6-15(29(34)35)13(8-11)19(23,24)25)17(31)9-16(30)26-10-3-5-14(28(32)33)12(7-10)18(20,21)22/h3-8H,2,9H2,1H3,(H,26,30). The first kappa shape index (κ1) is 27.0. The molecule has 0 aliphatic heterocycles. The van der Waals surface area contributed by atoms with Crippen molar-refractivity contribution in [1.29, 1.82) is 0 Å². The highest BCUT2D eigenvalue weighted by molar-refractivity contribution is 6.09. The molecule has 35 heavy (non-hydrogen) atoms. The van der Waals surface area contributed by atoms with Gasteiger partial charge in [0.25, 0.3) is 11.4 Å². The molecule has 0 radical (unpaired) electrons. The molecule has 0 aliphatic carbocycles. The number of amides is 2. The van der Waals surface area contributed by atoms with Gasteiger partial charge in [-0.1, -0.05) is 0 Å². The van der Waals surface area contributed by atoms with Crippen molar-refractivity contribution in [3.63, 3.8) is 0 Å². The largest absolute Gasteiger partial charge is 0.423 e. The van der Waals surface area contributed by atoms with Gasteiger partial charge in [-0.05, 0) is 31.2 Å². The first-order valence-corrected chi connectivity index (χ1v) is 9.37. The summed E-state index contributed by atoms with van der Waals surface area (Å²) in [6, 6.07) is 3.39.